The molecule has 134 valence electrons. The lowest BCUT2D eigenvalue weighted by molar-refractivity contribution is -0.139. The SMILES string of the molecule is [2H]C([2H])([2H])C(=O)N[C@H]1C(OC(CC)CC)C=C(C(=O)OCC)C[C@@H]1N=[N+]=[N-]. The van der Waals surface area contributed by atoms with Crippen molar-refractivity contribution in [2.45, 2.75) is 71.2 Å². The average Bonchev–Trinajstić information content (AvgIpc) is 2.61. The highest BCUT2D eigenvalue weighted by Gasteiger charge is 2.37. The van der Waals surface area contributed by atoms with Crippen molar-refractivity contribution < 1.29 is 23.2 Å². The van der Waals surface area contributed by atoms with Gasteiger partial charge in [-0.2, -0.15) is 0 Å². The first-order valence-corrected chi connectivity index (χ1v) is 8.06. The quantitative estimate of drug-likeness (QED) is 0.316. The van der Waals surface area contributed by atoms with Gasteiger partial charge in [0.25, 0.3) is 0 Å². The van der Waals surface area contributed by atoms with Gasteiger partial charge in [-0.15, -0.1) is 0 Å². The maximum absolute atomic E-state index is 12.1. The van der Waals surface area contributed by atoms with Crippen LogP contribution in [-0.4, -0.2) is 42.8 Å². The summed E-state index contributed by atoms with van der Waals surface area (Å²) in [5.74, 6) is -1.73. The first-order valence-electron chi connectivity index (χ1n) is 9.56. The maximum atomic E-state index is 12.1. The van der Waals surface area contributed by atoms with Crippen molar-refractivity contribution in [2.75, 3.05) is 6.61 Å². The molecule has 8 heteroatoms. The molecule has 24 heavy (non-hydrogen) atoms. The molecule has 0 bridgehead atoms. The number of ether oxygens (including phenoxy) is 2. The van der Waals surface area contributed by atoms with Crippen molar-refractivity contribution >= 4 is 11.9 Å². The zero-order valence-electron chi connectivity index (χ0n) is 17.2. The minimum atomic E-state index is -2.86. The van der Waals surface area contributed by atoms with Crippen LogP contribution in [0, 0.1) is 0 Å². The lowest BCUT2D eigenvalue weighted by Crippen LogP contribution is -2.53. The van der Waals surface area contributed by atoms with Crippen LogP contribution in [0.2, 0.25) is 0 Å². The van der Waals surface area contributed by atoms with E-state index in [1.807, 2.05) is 13.8 Å². The van der Waals surface area contributed by atoms with Crippen LogP contribution in [-0.2, 0) is 19.1 Å². The molecular formula is C16H26N4O4. The lowest BCUT2D eigenvalue weighted by Gasteiger charge is -2.36. The molecule has 0 aliphatic heterocycles. The molecule has 0 spiro atoms. The van der Waals surface area contributed by atoms with E-state index in [0.29, 0.717) is 12.8 Å². The summed E-state index contributed by atoms with van der Waals surface area (Å²) in [7, 11) is 0. The van der Waals surface area contributed by atoms with Crippen LogP contribution in [0.15, 0.2) is 16.8 Å². The van der Waals surface area contributed by atoms with Gasteiger partial charge in [-0.1, -0.05) is 19.0 Å². The minimum absolute atomic E-state index is 0.0115. The Balaban J connectivity index is 3.26. The third-order valence-electron chi connectivity index (χ3n) is 3.86. The molecule has 1 aliphatic carbocycles. The molecule has 0 radical (unpaired) electrons. The summed E-state index contributed by atoms with van der Waals surface area (Å²) in [6, 6.07) is -1.79. The van der Waals surface area contributed by atoms with E-state index in [2.05, 4.69) is 15.3 Å². The number of amides is 1. The fraction of sp³-hybridized carbons (Fsp3) is 0.750. The van der Waals surface area contributed by atoms with Crippen LogP contribution in [0.4, 0.5) is 0 Å². The molecule has 0 fully saturated rings. The van der Waals surface area contributed by atoms with E-state index in [1.165, 1.54) is 6.08 Å². The average molecular weight is 341 g/mol. The van der Waals surface area contributed by atoms with Gasteiger partial charge in [-0.3, -0.25) is 4.79 Å². The molecule has 0 heterocycles. The first-order chi connectivity index (χ1) is 12.7. The van der Waals surface area contributed by atoms with Crippen LogP contribution >= 0.6 is 0 Å². The zero-order valence-corrected chi connectivity index (χ0v) is 14.2. The molecule has 0 aromatic carbocycles. The molecular weight excluding hydrogens is 312 g/mol. The zero-order chi connectivity index (χ0) is 20.6. The summed E-state index contributed by atoms with van der Waals surface area (Å²) in [5, 5.41) is 6.06. The van der Waals surface area contributed by atoms with Crippen LogP contribution in [0.1, 0.15) is 51.0 Å². The van der Waals surface area contributed by atoms with Crippen LogP contribution < -0.4 is 5.32 Å². The molecule has 1 N–H and O–H groups in total. The van der Waals surface area contributed by atoms with E-state index in [-0.39, 0.29) is 24.7 Å². The van der Waals surface area contributed by atoms with Gasteiger partial charge >= 0.3 is 5.97 Å². The van der Waals surface area contributed by atoms with Gasteiger partial charge in [0, 0.05) is 21.4 Å². The molecule has 1 unspecified atom stereocenters. The third-order valence-corrected chi connectivity index (χ3v) is 3.86. The number of nitrogens with zero attached hydrogens (tertiary/aromatic N) is 3. The van der Waals surface area contributed by atoms with Crippen molar-refractivity contribution in [3.05, 3.63) is 22.1 Å². The number of rotatable bonds is 8. The molecule has 8 nitrogen and oxygen atoms in total. The van der Waals surface area contributed by atoms with Crippen LogP contribution in [0.5, 0.6) is 0 Å². The van der Waals surface area contributed by atoms with Crippen molar-refractivity contribution in [2.24, 2.45) is 5.11 Å². The van der Waals surface area contributed by atoms with Gasteiger partial charge in [-0.25, -0.2) is 4.79 Å². The summed E-state index contributed by atoms with van der Waals surface area (Å²) in [4.78, 5) is 26.9. The first kappa shape index (κ1) is 15.5. The van der Waals surface area contributed by atoms with E-state index in [4.69, 9.17) is 19.1 Å². The Morgan fingerprint density at radius 2 is 2.21 bits per heavy atom. The Kier molecular flexibility index (Phi) is 6.42. The highest BCUT2D eigenvalue weighted by Crippen LogP contribution is 2.27. The van der Waals surface area contributed by atoms with E-state index in [9.17, 15) is 9.59 Å². The van der Waals surface area contributed by atoms with Gasteiger partial charge in [0.1, 0.15) is 0 Å². The molecule has 1 rings (SSSR count). The summed E-state index contributed by atoms with van der Waals surface area (Å²) in [6.07, 6.45) is 1.89. The monoisotopic (exact) mass is 341 g/mol. The Hall–Kier alpha value is -2.05. The van der Waals surface area contributed by atoms with Crippen molar-refractivity contribution in [3.8, 4) is 0 Å². The standard InChI is InChI=1S/C16H26N4O4/c1-5-12(6-2)24-14-9-11(16(22)23-7-3)8-13(19-20-17)15(14)18-10(4)21/h9,12-15H,5-8H2,1-4H3,(H,18,21)/t13-,14?,15+/m0/s1/i4D3. The predicted octanol–water partition coefficient (Wildman–Crippen LogP) is 2.64. The molecule has 0 saturated heterocycles. The summed E-state index contributed by atoms with van der Waals surface area (Å²) in [6.45, 7) is 2.84. The van der Waals surface area contributed by atoms with Gasteiger partial charge in [0.15, 0.2) is 0 Å². The second-order valence-electron chi connectivity index (χ2n) is 5.43. The highest BCUT2D eigenvalue weighted by atomic mass is 16.5. The molecule has 1 aliphatic rings. The second kappa shape index (κ2) is 9.95. The number of hydrogen-bond donors (Lipinski definition) is 1. The van der Waals surface area contributed by atoms with Crippen molar-refractivity contribution in [1.82, 2.24) is 5.32 Å². The van der Waals surface area contributed by atoms with Crippen molar-refractivity contribution in [3.63, 3.8) is 0 Å². The van der Waals surface area contributed by atoms with Gasteiger partial charge in [-0.05, 0) is 37.8 Å². The molecule has 0 aromatic rings. The summed E-state index contributed by atoms with van der Waals surface area (Å²) < 4.78 is 32.8. The number of hydrogen-bond acceptors (Lipinski definition) is 5. The normalized spacial score (nSPS) is 25.6. The largest absolute Gasteiger partial charge is 0.463 e. The third kappa shape index (κ3) is 5.54. The van der Waals surface area contributed by atoms with Gasteiger partial charge in [0.05, 0.1) is 30.9 Å². The lowest BCUT2D eigenvalue weighted by atomic mass is 9.88. The van der Waals surface area contributed by atoms with Crippen LogP contribution in [0.25, 0.3) is 10.4 Å². The Morgan fingerprint density at radius 3 is 2.75 bits per heavy atom. The topological polar surface area (TPSA) is 113 Å². The Labute approximate surface area is 146 Å². The van der Waals surface area contributed by atoms with Gasteiger partial charge in [0.2, 0.25) is 5.91 Å². The van der Waals surface area contributed by atoms with Crippen molar-refractivity contribution in [1.29, 1.82) is 0 Å². The fourth-order valence-corrected chi connectivity index (χ4v) is 2.65. The fourth-order valence-electron chi connectivity index (χ4n) is 2.65. The number of azide groups is 1. The van der Waals surface area contributed by atoms with Gasteiger partial charge < -0.3 is 14.8 Å². The number of nitrogens with one attached hydrogen (secondary N) is 1. The molecule has 0 aromatic heterocycles. The van der Waals surface area contributed by atoms with E-state index < -0.39 is 36.9 Å². The number of esters is 1. The second-order valence-corrected chi connectivity index (χ2v) is 5.43. The number of carbonyl (C=O) groups is 2. The summed E-state index contributed by atoms with van der Waals surface area (Å²) in [5.41, 5.74) is 9.15. The minimum Gasteiger partial charge on any atom is -0.463 e. The molecule has 1 amide bonds. The van der Waals surface area contributed by atoms with E-state index in [0.717, 1.165) is 0 Å². The molecule has 0 saturated carbocycles. The van der Waals surface area contributed by atoms with E-state index in [1.54, 1.807) is 6.92 Å². The van der Waals surface area contributed by atoms with Crippen LogP contribution in [0.3, 0.4) is 0 Å². The number of carbonyl (C=O) groups excluding carboxylic acids is 2. The molecule has 3 atom stereocenters. The predicted molar refractivity (Wildman–Crippen MR) is 89.1 cm³/mol. The highest BCUT2D eigenvalue weighted by molar-refractivity contribution is 5.89. The smallest absolute Gasteiger partial charge is 0.333 e. The Morgan fingerprint density at radius 1 is 1.50 bits per heavy atom. The maximum Gasteiger partial charge on any atom is 0.333 e. The summed E-state index contributed by atoms with van der Waals surface area (Å²) >= 11 is 0. The van der Waals surface area contributed by atoms with E-state index >= 15 is 0 Å². The Bertz CT molecular complexity index is 613.